The van der Waals surface area contributed by atoms with Crippen LogP contribution in [-0.4, -0.2) is 76.6 Å². The van der Waals surface area contributed by atoms with Gasteiger partial charge >= 0.3 is 6.09 Å². The number of likely N-dealkylation sites (tertiary alicyclic amines) is 1. The molecule has 3 atom stereocenters. The highest BCUT2D eigenvalue weighted by atomic mass is 16.4. The standard InChI is InChI=1S/C13H23N3O3/c1-9-4-5-11(16(9)13(18)19)12(17)15-7-6-14(3)10(2)8-15/h9-11H,4-8H2,1-3H3,(H,18,19)/t9-,10+,11-/m0/s1. The van der Waals surface area contributed by atoms with E-state index in [1.54, 1.807) is 0 Å². The number of likely N-dealkylation sites (N-methyl/N-ethyl adjacent to an activating group) is 1. The topological polar surface area (TPSA) is 64.1 Å². The summed E-state index contributed by atoms with van der Waals surface area (Å²) in [5.41, 5.74) is 0. The Morgan fingerprint density at radius 3 is 2.37 bits per heavy atom. The van der Waals surface area contributed by atoms with Gasteiger partial charge in [0.25, 0.3) is 0 Å². The van der Waals surface area contributed by atoms with Crippen molar-refractivity contribution in [3.63, 3.8) is 0 Å². The van der Waals surface area contributed by atoms with Crippen LogP contribution in [0.25, 0.3) is 0 Å². The molecule has 19 heavy (non-hydrogen) atoms. The summed E-state index contributed by atoms with van der Waals surface area (Å²) >= 11 is 0. The van der Waals surface area contributed by atoms with Crippen molar-refractivity contribution in [3.05, 3.63) is 0 Å². The molecule has 2 rings (SSSR count). The summed E-state index contributed by atoms with van der Waals surface area (Å²) in [6.07, 6.45) is 0.435. The van der Waals surface area contributed by atoms with Crippen molar-refractivity contribution >= 4 is 12.0 Å². The maximum atomic E-state index is 12.5. The molecule has 2 aliphatic rings. The monoisotopic (exact) mass is 269 g/mol. The first-order chi connectivity index (χ1) is 8.91. The van der Waals surface area contributed by atoms with Crippen LogP contribution in [0.4, 0.5) is 4.79 Å². The molecule has 108 valence electrons. The molecule has 0 saturated carbocycles. The van der Waals surface area contributed by atoms with Gasteiger partial charge in [0.2, 0.25) is 5.91 Å². The van der Waals surface area contributed by atoms with Gasteiger partial charge in [-0.3, -0.25) is 9.69 Å². The number of amides is 2. The highest BCUT2D eigenvalue weighted by molar-refractivity contribution is 5.86. The molecular weight excluding hydrogens is 246 g/mol. The molecule has 1 N–H and O–H groups in total. The summed E-state index contributed by atoms with van der Waals surface area (Å²) in [7, 11) is 2.05. The number of carbonyl (C=O) groups excluding carboxylic acids is 1. The normalized spacial score (nSPS) is 32.7. The predicted molar refractivity (Wildman–Crippen MR) is 71.0 cm³/mol. The quantitative estimate of drug-likeness (QED) is 0.760. The van der Waals surface area contributed by atoms with Gasteiger partial charge < -0.3 is 14.9 Å². The van der Waals surface area contributed by atoms with Gasteiger partial charge in [0.05, 0.1) is 0 Å². The van der Waals surface area contributed by atoms with Crippen molar-refractivity contribution in [2.75, 3.05) is 26.7 Å². The smallest absolute Gasteiger partial charge is 0.408 e. The van der Waals surface area contributed by atoms with E-state index in [1.807, 2.05) is 18.9 Å². The molecule has 0 aromatic heterocycles. The number of nitrogens with zero attached hydrogens (tertiary/aromatic N) is 3. The van der Waals surface area contributed by atoms with Gasteiger partial charge in [-0.05, 0) is 33.7 Å². The molecule has 2 fully saturated rings. The minimum Gasteiger partial charge on any atom is -0.465 e. The minimum absolute atomic E-state index is 0.0216. The number of carboxylic acid groups (broad SMARTS) is 1. The summed E-state index contributed by atoms with van der Waals surface area (Å²) in [5.74, 6) is -0.0216. The summed E-state index contributed by atoms with van der Waals surface area (Å²) in [5, 5.41) is 9.24. The van der Waals surface area contributed by atoms with Crippen LogP contribution < -0.4 is 0 Å². The van der Waals surface area contributed by atoms with Crippen molar-refractivity contribution < 1.29 is 14.7 Å². The third-order valence-electron chi connectivity index (χ3n) is 4.45. The highest BCUT2D eigenvalue weighted by Crippen LogP contribution is 2.26. The van der Waals surface area contributed by atoms with Crippen molar-refractivity contribution in [2.24, 2.45) is 0 Å². The Bertz CT molecular complexity index is 374. The zero-order valence-corrected chi connectivity index (χ0v) is 11.9. The summed E-state index contributed by atoms with van der Waals surface area (Å²) in [6, 6.07) is -0.214. The zero-order chi connectivity index (χ0) is 14.2. The highest BCUT2D eigenvalue weighted by Gasteiger charge is 2.41. The van der Waals surface area contributed by atoms with Gasteiger partial charge in [0, 0.05) is 31.7 Å². The number of hydrogen-bond donors (Lipinski definition) is 1. The Hall–Kier alpha value is -1.30. The number of hydrogen-bond acceptors (Lipinski definition) is 3. The van der Waals surface area contributed by atoms with Crippen LogP contribution in [0.5, 0.6) is 0 Å². The Balaban J connectivity index is 2.05. The average Bonchev–Trinajstić information content (AvgIpc) is 2.74. The van der Waals surface area contributed by atoms with Crippen LogP contribution in [-0.2, 0) is 4.79 Å². The fourth-order valence-corrected chi connectivity index (χ4v) is 3.01. The zero-order valence-electron chi connectivity index (χ0n) is 11.9. The SMILES string of the molecule is C[C@@H]1CN(C(=O)[C@@H]2CC[C@H](C)N2C(=O)O)CCN1C. The fraction of sp³-hybridized carbons (Fsp3) is 0.846. The Labute approximate surface area is 114 Å². The van der Waals surface area contributed by atoms with E-state index in [9.17, 15) is 14.7 Å². The lowest BCUT2D eigenvalue weighted by molar-refractivity contribution is -0.138. The van der Waals surface area contributed by atoms with E-state index < -0.39 is 12.1 Å². The van der Waals surface area contributed by atoms with Gasteiger partial charge in [-0.2, -0.15) is 0 Å². The van der Waals surface area contributed by atoms with Gasteiger partial charge in [-0.25, -0.2) is 4.79 Å². The van der Waals surface area contributed by atoms with E-state index in [-0.39, 0.29) is 11.9 Å². The lowest BCUT2D eigenvalue weighted by atomic mass is 10.1. The van der Waals surface area contributed by atoms with Gasteiger partial charge in [0.15, 0.2) is 0 Å². The molecular formula is C13H23N3O3. The lowest BCUT2D eigenvalue weighted by Gasteiger charge is -2.39. The first kappa shape index (κ1) is 14.1. The molecule has 2 aliphatic heterocycles. The van der Waals surface area contributed by atoms with Crippen LogP contribution in [0.3, 0.4) is 0 Å². The molecule has 0 aliphatic carbocycles. The second kappa shape index (κ2) is 5.36. The molecule has 6 heteroatoms. The average molecular weight is 269 g/mol. The van der Waals surface area contributed by atoms with E-state index in [2.05, 4.69) is 11.8 Å². The van der Waals surface area contributed by atoms with Crippen molar-refractivity contribution in [2.45, 2.75) is 44.8 Å². The van der Waals surface area contributed by atoms with E-state index in [0.717, 1.165) is 13.0 Å². The molecule has 0 bridgehead atoms. The number of carbonyl (C=O) groups is 2. The first-order valence-corrected chi connectivity index (χ1v) is 6.92. The van der Waals surface area contributed by atoms with Crippen LogP contribution in [0.1, 0.15) is 26.7 Å². The second-order valence-electron chi connectivity index (χ2n) is 5.75. The van der Waals surface area contributed by atoms with E-state index in [1.165, 1.54) is 4.90 Å². The molecule has 2 amide bonds. The Kier molecular flexibility index (Phi) is 3.99. The maximum absolute atomic E-state index is 12.5. The van der Waals surface area contributed by atoms with Gasteiger partial charge in [-0.1, -0.05) is 0 Å². The minimum atomic E-state index is -0.981. The fourth-order valence-electron chi connectivity index (χ4n) is 3.01. The van der Waals surface area contributed by atoms with Crippen LogP contribution >= 0.6 is 0 Å². The van der Waals surface area contributed by atoms with E-state index in [4.69, 9.17) is 0 Å². The Morgan fingerprint density at radius 1 is 1.11 bits per heavy atom. The molecule has 0 unspecified atom stereocenters. The van der Waals surface area contributed by atoms with Gasteiger partial charge in [-0.15, -0.1) is 0 Å². The molecule has 0 spiro atoms. The largest absolute Gasteiger partial charge is 0.465 e. The third-order valence-corrected chi connectivity index (χ3v) is 4.45. The molecule has 0 radical (unpaired) electrons. The second-order valence-corrected chi connectivity index (χ2v) is 5.75. The molecule has 0 aromatic rings. The lowest BCUT2D eigenvalue weighted by Crippen LogP contribution is -2.57. The molecule has 2 saturated heterocycles. The van der Waals surface area contributed by atoms with E-state index in [0.29, 0.717) is 25.6 Å². The van der Waals surface area contributed by atoms with Crippen molar-refractivity contribution in [1.82, 2.24) is 14.7 Å². The third kappa shape index (κ3) is 2.68. The van der Waals surface area contributed by atoms with Crippen molar-refractivity contribution in [1.29, 1.82) is 0 Å². The molecule has 0 aromatic carbocycles. The predicted octanol–water partition coefficient (Wildman–Crippen LogP) is 0.680. The molecule has 6 nitrogen and oxygen atoms in total. The van der Waals surface area contributed by atoms with Crippen LogP contribution in [0, 0.1) is 0 Å². The number of piperazine rings is 1. The van der Waals surface area contributed by atoms with E-state index >= 15 is 0 Å². The number of rotatable bonds is 1. The maximum Gasteiger partial charge on any atom is 0.408 e. The first-order valence-electron chi connectivity index (χ1n) is 6.92. The summed E-state index contributed by atoms with van der Waals surface area (Å²) < 4.78 is 0. The van der Waals surface area contributed by atoms with Crippen molar-refractivity contribution in [3.8, 4) is 0 Å². The molecule has 2 heterocycles. The summed E-state index contributed by atoms with van der Waals surface area (Å²) in [4.78, 5) is 29.2. The summed E-state index contributed by atoms with van der Waals surface area (Å²) in [6.45, 7) is 6.19. The van der Waals surface area contributed by atoms with Crippen LogP contribution in [0.2, 0.25) is 0 Å². The van der Waals surface area contributed by atoms with Gasteiger partial charge in [0.1, 0.15) is 6.04 Å². The Morgan fingerprint density at radius 2 is 1.79 bits per heavy atom. The van der Waals surface area contributed by atoms with Crippen LogP contribution in [0.15, 0.2) is 0 Å².